The summed E-state index contributed by atoms with van der Waals surface area (Å²) < 4.78 is 5.16. The van der Waals surface area contributed by atoms with Gasteiger partial charge in [0.25, 0.3) is 0 Å². The summed E-state index contributed by atoms with van der Waals surface area (Å²) in [5.74, 6) is 0.788. The Balaban J connectivity index is 2.25. The maximum atomic E-state index is 6.06. The predicted molar refractivity (Wildman–Crippen MR) is 81.5 cm³/mol. The van der Waals surface area contributed by atoms with Gasteiger partial charge >= 0.3 is 0 Å². The summed E-state index contributed by atoms with van der Waals surface area (Å²) in [6.45, 7) is 0. The molecule has 0 aliphatic carbocycles. The number of methoxy groups -OCH3 is 1. The van der Waals surface area contributed by atoms with Crippen molar-refractivity contribution in [2.45, 2.75) is 0 Å². The van der Waals surface area contributed by atoms with Crippen LogP contribution in [0.15, 0.2) is 42.5 Å². The van der Waals surface area contributed by atoms with Gasteiger partial charge in [0.2, 0.25) is 5.28 Å². The Morgan fingerprint density at radius 3 is 2.40 bits per heavy atom. The van der Waals surface area contributed by atoms with Crippen LogP contribution < -0.4 is 4.74 Å². The van der Waals surface area contributed by atoms with Gasteiger partial charge in [-0.2, -0.15) is 0 Å². The lowest BCUT2D eigenvalue weighted by Gasteiger charge is -2.07. The molecule has 0 spiro atoms. The zero-order valence-electron chi connectivity index (χ0n) is 10.6. The van der Waals surface area contributed by atoms with Crippen molar-refractivity contribution in [3.05, 3.63) is 52.8 Å². The second kappa shape index (κ2) is 5.27. The molecule has 0 radical (unpaired) electrons. The lowest BCUT2D eigenvalue weighted by molar-refractivity contribution is 0.415. The first kappa shape index (κ1) is 13.2. The fourth-order valence-corrected chi connectivity index (χ4v) is 2.39. The van der Waals surface area contributed by atoms with Gasteiger partial charge in [-0.05, 0) is 54.1 Å². The Bertz CT molecular complexity index is 773. The topological polar surface area (TPSA) is 35.0 Å². The molecular weight excluding hydrogens is 295 g/mol. The Kier molecular flexibility index (Phi) is 3.47. The van der Waals surface area contributed by atoms with Gasteiger partial charge in [0.1, 0.15) is 5.75 Å². The molecule has 1 aromatic heterocycles. The summed E-state index contributed by atoms with van der Waals surface area (Å²) in [6.07, 6.45) is 0. The van der Waals surface area contributed by atoms with Crippen LogP contribution in [0.5, 0.6) is 5.75 Å². The van der Waals surface area contributed by atoms with E-state index in [1.165, 1.54) is 0 Å². The first-order valence-corrected chi connectivity index (χ1v) is 6.70. The van der Waals surface area contributed by atoms with Gasteiger partial charge in [0, 0.05) is 16.0 Å². The van der Waals surface area contributed by atoms with Crippen molar-refractivity contribution in [3.63, 3.8) is 0 Å². The van der Waals surface area contributed by atoms with E-state index in [0.29, 0.717) is 5.02 Å². The number of halogens is 2. The molecule has 3 rings (SSSR count). The van der Waals surface area contributed by atoms with E-state index >= 15 is 0 Å². The highest BCUT2D eigenvalue weighted by molar-refractivity contribution is 6.31. The molecule has 3 nitrogen and oxygen atoms in total. The van der Waals surface area contributed by atoms with E-state index < -0.39 is 0 Å². The van der Waals surface area contributed by atoms with Crippen molar-refractivity contribution in [2.75, 3.05) is 7.11 Å². The Morgan fingerprint density at radius 2 is 1.70 bits per heavy atom. The van der Waals surface area contributed by atoms with Crippen molar-refractivity contribution in [2.24, 2.45) is 0 Å². The van der Waals surface area contributed by atoms with Gasteiger partial charge < -0.3 is 4.74 Å². The molecule has 3 aromatic rings. The number of ether oxygens (including phenoxy) is 1. The highest BCUT2D eigenvalue weighted by atomic mass is 35.5. The number of hydrogen-bond donors (Lipinski definition) is 0. The summed E-state index contributed by atoms with van der Waals surface area (Å²) in [5.41, 5.74) is 2.45. The smallest absolute Gasteiger partial charge is 0.223 e. The van der Waals surface area contributed by atoms with Crippen molar-refractivity contribution in [1.82, 2.24) is 9.97 Å². The third kappa shape index (κ3) is 2.42. The zero-order chi connectivity index (χ0) is 14.1. The molecule has 0 N–H and O–H groups in total. The van der Waals surface area contributed by atoms with Crippen LogP contribution >= 0.6 is 23.2 Å². The lowest BCUT2D eigenvalue weighted by atomic mass is 10.1. The number of aromatic nitrogens is 2. The second-order valence-corrected chi connectivity index (χ2v) is 5.01. The maximum Gasteiger partial charge on any atom is 0.223 e. The van der Waals surface area contributed by atoms with Crippen LogP contribution in [0.1, 0.15) is 0 Å². The summed E-state index contributed by atoms with van der Waals surface area (Å²) in [5, 5.41) is 1.72. The third-order valence-electron chi connectivity index (χ3n) is 2.99. The summed E-state index contributed by atoms with van der Waals surface area (Å²) in [7, 11) is 1.63. The first-order valence-electron chi connectivity index (χ1n) is 5.94. The van der Waals surface area contributed by atoms with E-state index in [1.807, 2.05) is 36.4 Å². The molecule has 5 heteroatoms. The minimum absolute atomic E-state index is 0.214. The SMILES string of the molecule is COc1ccc(-c2nc(Cl)nc3ccc(Cl)cc23)cc1. The molecule has 0 unspecified atom stereocenters. The highest BCUT2D eigenvalue weighted by Gasteiger charge is 2.09. The molecular formula is C15H10Cl2N2O. The standard InChI is InChI=1S/C15H10Cl2N2O/c1-20-11-5-2-9(3-6-11)14-12-8-10(16)4-7-13(12)18-15(17)19-14/h2-8H,1H3. The molecule has 2 aromatic carbocycles. The number of hydrogen-bond acceptors (Lipinski definition) is 3. The van der Waals surface area contributed by atoms with Gasteiger partial charge in [-0.25, -0.2) is 9.97 Å². The van der Waals surface area contributed by atoms with Gasteiger partial charge in [-0.3, -0.25) is 0 Å². The fourth-order valence-electron chi connectivity index (χ4n) is 2.04. The van der Waals surface area contributed by atoms with E-state index in [-0.39, 0.29) is 5.28 Å². The van der Waals surface area contributed by atoms with Gasteiger partial charge in [0.15, 0.2) is 0 Å². The van der Waals surface area contributed by atoms with Crippen LogP contribution in [0.25, 0.3) is 22.2 Å². The predicted octanol–water partition coefficient (Wildman–Crippen LogP) is 4.61. The number of nitrogens with zero attached hydrogens (tertiary/aromatic N) is 2. The Hall–Kier alpha value is -1.84. The van der Waals surface area contributed by atoms with Gasteiger partial charge in [0.05, 0.1) is 18.3 Å². The number of fused-ring (bicyclic) bond motifs is 1. The third-order valence-corrected chi connectivity index (χ3v) is 3.40. The zero-order valence-corrected chi connectivity index (χ0v) is 12.1. The fraction of sp³-hybridized carbons (Fsp3) is 0.0667. The molecule has 0 fully saturated rings. The molecule has 0 atom stereocenters. The van der Waals surface area contributed by atoms with E-state index in [9.17, 15) is 0 Å². The maximum absolute atomic E-state index is 6.06. The Morgan fingerprint density at radius 1 is 0.950 bits per heavy atom. The number of rotatable bonds is 2. The molecule has 20 heavy (non-hydrogen) atoms. The van der Waals surface area contributed by atoms with Crippen LogP contribution in [0.2, 0.25) is 10.3 Å². The first-order chi connectivity index (χ1) is 9.67. The van der Waals surface area contributed by atoms with Crippen LogP contribution in [0.4, 0.5) is 0 Å². The Labute approximate surface area is 126 Å². The molecule has 0 bridgehead atoms. The molecule has 1 heterocycles. The summed E-state index contributed by atoms with van der Waals surface area (Å²) >= 11 is 12.0. The van der Waals surface area contributed by atoms with Gasteiger partial charge in [-0.1, -0.05) is 11.6 Å². The van der Waals surface area contributed by atoms with Crippen LogP contribution in [0.3, 0.4) is 0 Å². The largest absolute Gasteiger partial charge is 0.497 e. The normalized spacial score (nSPS) is 10.8. The van der Waals surface area contributed by atoms with Crippen molar-refractivity contribution in [1.29, 1.82) is 0 Å². The minimum atomic E-state index is 0.214. The molecule has 0 aliphatic rings. The van der Waals surface area contributed by atoms with E-state index in [0.717, 1.165) is 27.9 Å². The average molecular weight is 305 g/mol. The molecule has 0 amide bonds. The second-order valence-electron chi connectivity index (χ2n) is 4.23. The van der Waals surface area contributed by atoms with Crippen LogP contribution in [0, 0.1) is 0 Å². The van der Waals surface area contributed by atoms with Crippen LogP contribution in [-0.4, -0.2) is 17.1 Å². The summed E-state index contributed by atoms with van der Waals surface area (Å²) in [6, 6.07) is 13.1. The van der Waals surface area contributed by atoms with Crippen LogP contribution in [-0.2, 0) is 0 Å². The molecule has 0 aliphatic heterocycles. The molecule has 0 saturated carbocycles. The monoisotopic (exact) mass is 304 g/mol. The molecule has 0 saturated heterocycles. The van der Waals surface area contributed by atoms with Crippen molar-refractivity contribution < 1.29 is 4.74 Å². The van der Waals surface area contributed by atoms with E-state index in [1.54, 1.807) is 13.2 Å². The van der Waals surface area contributed by atoms with E-state index in [2.05, 4.69) is 9.97 Å². The lowest BCUT2D eigenvalue weighted by Crippen LogP contribution is -1.91. The van der Waals surface area contributed by atoms with E-state index in [4.69, 9.17) is 27.9 Å². The minimum Gasteiger partial charge on any atom is -0.497 e. The number of benzene rings is 2. The van der Waals surface area contributed by atoms with Crippen molar-refractivity contribution >= 4 is 34.1 Å². The van der Waals surface area contributed by atoms with Gasteiger partial charge in [-0.15, -0.1) is 0 Å². The quantitative estimate of drug-likeness (QED) is 0.648. The van der Waals surface area contributed by atoms with Crippen molar-refractivity contribution in [3.8, 4) is 17.0 Å². The molecule has 100 valence electrons. The average Bonchev–Trinajstić information content (AvgIpc) is 2.47. The highest BCUT2D eigenvalue weighted by Crippen LogP contribution is 2.30. The summed E-state index contributed by atoms with van der Waals surface area (Å²) in [4.78, 5) is 8.53.